The molecule has 0 amide bonds. The number of fused-ring (bicyclic) bond motifs is 1. The minimum atomic E-state index is -3.86. The zero-order valence-electron chi connectivity index (χ0n) is 12.2. The van der Waals surface area contributed by atoms with Crippen molar-refractivity contribution in [3.63, 3.8) is 0 Å². The molecule has 2 rings (SSSR count). The van der Waals surface area contributed by atoms with Crippen molar-refractivity contribution in [1.29, 1.82) is 0 Å². The Labute approximate surface area is 122 Å². The van der Waals surface area contributed by atoms with Gasteiger partial charge in [-0.05, 0) is 26.0 Å². The summed E-state index contributed by atoms with van der Waals surface area (Å²) in [5.74, 6) is -0.348. The van der Waals surface area contributed by atoms with Gasteiger partial charge >= 0.3 is 7.60 Å². The van der Waals surface area contributed by atoms with Crippen molar-refractivity contribution in [3.8, 4) is 5.75 Å². The van der Waals surface area contributed by atoms with Crippen LogP contribution in [0.4, 0.5) is 0 Å². The Morgan fingerprint density at radius 1 is 1.19 bits per heavy atom. The Balaban J connectivity index is 2.86. The molecule has 7 heteroatoms. The molecule has 0 aliphatic carbocycles. The fourth-order valence-corrected chi connectivity index (χ4v) is 3.99. The van der Waals surface area contributed by atoms with Crippen LogP contribution in [0.3, 0.4) is 0 Å². The summed E-state index contributed by atoms with van der Waals surface area (Å²) in [4.78, 5) is 12.5. The maximum atomic E-state index is 12.8. The van der Waals surface area contributed by atoms with E-state index in [2.05, 4.69) is 0 Å². The summed E-state index contributed by atoms with van der Waals surface area (Å²) in [6.07, 6.45) is 0. The summed E-state index contributed by atoms with van der Waals surface area (Å²) in [5.41, 5.74) is -0.0419. The number of hydrogen-bond donors (Lipinski definition) is 1. The average molecular weight is 311 g/mol. The van der Waals surface area contributed by atoms with E-state index in [1.807, 2.05) is 0 Å². The largest absolute Gasteiger partial charge is 0.506 e. The molecule has 1 aromatic heterocycles. The van der Waals surface area contributed by atoms with E-state index in [9.17, 15) is 14.5 Å². The fourth-order valence-electron chi connectivity index (χ4n) is 2.22. The molecule has 0 atom stereocenters. The third-order valence-corrected chi connectivity index (χ3v) is 5.27. The van der Waals surface area contributed by atoms with E-state index in [1.165, 1.54) is 4.57 Å². The molecule has 1 aromatic carbocycles. The van der Waals surface area contributed by atoms with Crippen molar-refractivity contribution >= 4 is 23.8 Å². The molecule has 0 bridgehead atoms. The Kier molecular flexibility index (Phi) is 4.52. The molecule has 0 radical (unpaired) electrons. The number of aryl methyl sites for hydroxylation is 1. The standard InChI is InChI=1S/C14H18NO5P/c1-4-19-21(18,20-5-2)13-12(16)10-8-6-7-9-11(10)15(3)14(13)17/h6-9,16H,4-5H2,1-3H3. The number of pyridine rings is 1. The summed E-state index contributed by atoms with van der Waals surface area (Å²) in [5, 5.41) is 10.5. The molecule has 21 heavy (non-hydrogen) atoms. The molecule has 1 heterocycles. The number of aromatic hydroxyl groups is 1. The lowest BCUT2D eigenvalue weighted by molar-refractivity contribution is 0.229. The first-order valence-electron chi connectivity index (χ1n) is 6.66. The van der Waals surface area contributed by atoms with E-state index < -0.39 is 13.2 Å². The Hall–Kier alpha value is -1.62. The van der Waals surface area contributed by atoms with Gasteiger partial charge in [-0.1, -0.05) is 12.1 Å². The van der Waals surface area contributed by atoms with Crippen LogP contribution in [-0.4, -0.2) is 22.9 Å². The molecule has 2 aromatic rings. The number of nitrogens with zero attached hydrogens (tertiary/aromatic N) is 1. The van der Waals surface area contributed by atoms with Gasteiger partial charge in [0, 0.05) is 12.4 Å². The molecule has 6 nitrogen and oxygen atoms in total. The molecule has 0 aliphatic rings. The van der Waals surface area contributed by atoms with E-state index in [4.69, 9.17) is 9.05 Å². The van der Waals surface area contributed by atoms with Crippen molar-refractivity contribution in [2.45, 2.75) is 13.8 Å². The normalized spacial score (nSPS) is 12.0. The number of para-hydroxylation sites is 1. The molecule has 0 saturated carbocycles. The molecule has 1 N–H and O–H groups in total. The third kappa shape index (κ3) is 2.62. The van der Waals surface area contributed by atoms with Gasteiger partial charge in [0.2, 0.25) is 0 Å². The number of rotatable bonds is 5. The fraction of sp³-hybridized carbons (Fsp3) is 0.357. The van der Waals surface area contributed by atoms with Gasteiger partial charge in [-0.25, -0.2) is 0 Å². The van der Waals surface area contributed by atoms with Crippen molar-refractivity contribution in [2.24, 2.45) is 7.05 Å². The van der Waals surface area contributed by atoms with Gasteiger partial charge in [-0.15, -0.1) is 0 Å². The van der Waals surface area contributed by atoms with Crippen LogP contribution in [0.2, 0.25) is 0 Å². The quantitative estimate of drug-likeness (QED) is 0.856. The van der Waals surface area contributed by atoms with Gasteiger partial charge in [0.15, 0.2) is 5.30 Å². The Bertz CT molecular complexity index is 758. The maximum Gasteiger partial charge on any atom is 0.370 e. The van der Waals surface area contributed by atoms with Crippen LogP contribution in [0.5, 0.6) is 5.75 Å². The molecule has 0 saturated heterocycles. The predicted molar refractivity (Wildman–Crippen MR) is 81.3 cm³/mol. The second kappa shape index (κ2) is 6.02. The van der Waals surface area contributed by atoms with E-state index in [0.717, 1.165) is 0 Å². The Morgan fingerprint density at radius 2 is 1.76 bits per heavy atom. The second-order valence-corrected chi connectivity index (χ2v) is 6.37. The minimum absolute atomic E-state index is 0.104. The molecule has 0 aliphatic heterocycles. The van der Waals surface area contributed by atoms with Crippen LogP contribution in [0.1, 0.15) is 13.8 Å². The Morgan fingerprint density at radius 3 is 2.33 bits per heavy atom. The predicted octanol–water partition coefficient (Wildman–Crippen LogP) is 2.14. The van der Waals surface area contributed by atoms with E-state index in [1.54, 1.807) is 45.2 Å². The van der Waals surface area contributed by atoms with Crippen LogP contribution in [0.15, 0.2) is 29.1 Å². The second-order valence-electron chi connectivity index (χ2n) is 4.41. The van der Waals surface area contributed by atoms with Crippen molar-refractivity contribution in [3.05, 3.63) is 34.6 Å². The summed E-state index contributed by atoms with van der Waals surface area (Å²) >= 11 is 0. The SMILES string of the molecule is CCOP(=O)(OCC)c1c(O)c2ccccc2n(C)c1=O. The summed E-state index contributed by atoms with van der Waals surface area (Å²) < 4.78 is 24.5. The zero-order chi connectivity index (χ0) is 15.6. The number of aromatic nitrogens is 1. The topological polar surface area (TPSA) is 77.8 Å². The average Bonchev–Trinajstić information content (AvgIpc) is 2.45. The number of benzene rings is 1. The summed E-state index contributed by atoms with van der Waals surface area (Å²) in [6.45, 7) is 3.50. The lowest BCUT2D eigenvalue weighted by Crippen LogP contribution is -2.34. The van der Waals surface area contributed by atoms with Crippen LogP contribution in [-0.2, 0) is 20.7 Å². The van der Waals surface area contributed by atoms with Gasteiger partial charge in [0.05, 0.1) is 18.7 Å². The highest BCUT2D eigenvalue weighted by Gasteiger charge is 2.35. The zero-order valence-corrected chi connectivity index (χ0v) is 13.1. The van der Waals surface area contributed by atoms with E-state index in [0.29, 0.717) is 10.9 Å². The van der Waals surface area contributed by atoms with Gasteiger partial charge < -0.3 is 18.7 Å². The van der Waals surface area contributed by atoms with Crippen molar-refractivity contribution in [2.75, 3.05) is 13.2 Å². The van der Waals surface area contributed by atoms with Gasteiger partial charge in [0.1, 0.15) is 5.75 Å². The smallest absolute Gasteiger partial charge is 0.370 e. The first-order valence-corrected chi connectivity index (χ1v) is 8.21. The highest BCUT2D eigenvalue weighted by molar-refractivity contribution is 7.62. The summed E-state index contributed by atoms with van der Waals surface area (Å²) in [6, 6.07) is 6.83. The summed E-state index contributed by atoms with van der Waals surface area (Å²) in [7, 11) is -2.31. The van der Waals surface area contributed by atoms with Crippen molar-refractivity contribution in [1.82, 2.24) is 4.57 Å². The number of hydrogen-bond acceptors (Lipinski definition) is 5. The highest BCUT2D eigenvalue weighted by Crippen LogP contribution is 2.48. The molecular weight excluding hydrogens is 293 g/mol. The highest BCUT2D eigenvalue weighted by atomic mass is 31.2. The monoisotopic (exact) mass is 311 g/mol. The van der Waals surface area contributed by atoms with Gasteiger partial charge in [-0.2, -0.15) is 0 Å². The molecule has 0 spiro atoms. The van der Waals surface area contributed by atoms with Crippen LogP contribution in [0.25, 0.3) is 10.9 Å². The molecular formula is C14H18NO5P. The minimum Gasteiger partial charge on any atom is -0.506 e. The lowest BCUT2D eigenvalue weighted by atomic mass is 10.2. The van der Waals surface area contributed by atoms with Crippen LogP contribution < -0.4 is 10.9 Å². The van der Waals surface area contributed by atoms with Gasteiger partial charge in [-0.3, -0.25) is 9.36 Å². The van der Waals surface area contributed by atoms with Crippen molar-refractivity contribution < 1.29 is 18.7 Å². The van der Waals surface area contributed by atoms with Gasteiger partial charge in [0.25, 0.3) is 5.56 Å². The third-order valence-electron chi connectivity index (χ3n) is 3.12. The molecule has 0 fully saturated rings. The molecule has 114 valence electrons. The van der Waals surface area contributed by atoms with E-state index in [-0.39, 0.29) is 24.3 Å². The van der Waals surface area contributed by atoms with Crippen LogP contribution in [0, 0.1) is 0 Å². The molecule has 0 unspecified atom stereocenters. The maximum absolute atomic E-state index is 12.8. The van der Waals surface area contributed by atoms with E-state index >= 15 is 0 Å². The first kappa shape index (κ1) is 15.8. The first-order chi connectivity index (χ1) is 9.96. The van der Waals surface area contributed by atoms with Crippen LogP contribution >= 0.6 is 7.60 Å². The lowest BCUT2D eigenvalue weighted by Gasteiger charge is -2.19.